The molecule has 6 nitrogen and oxygen atoms in total. The van der Waals surface area contributed by atoms with Crippen molar-refractivity contribution in [1.82, 2.24) is 4.90 Å². The summed E-state index contributed by atoms with van der Waals surface area (Å²) in [5.41, 5.74) is 0. The van der Waals surface area contributed by atoms with Gasteiger partial charge in [0, 0.05) is 6.42 Å². The van der Waals surface area contributed by atoms with E-state index in [1.54, 1.807) is 0 Å². The zero-order chi connectivity index (χ0) is 14.3. The number of hydrogen-bond donors (Lipinski definition) is 2. The molecular formula is C13H21NO5. The van der Waals surface area contributed by atoms with E-state index in [1.165, 1.54) is 12.8 Å². The van der Waals surface area contributed by atoms with Gasteiger partial charge in [0.1, 0.15) is 13.1 Å². The highest BCUT2D eigenvalue weighted by atomic mass is 16.4. The van der Waals surface area contributed by atoms with Crippen molar-refractivity contribution in [3.63, 3.8) is 0 Å². The number of rotatable bonds is 6. The van der Waals surface area contributed by atoms with Gasteiger partial charge in [0.2, 0.25) is 5.91 Å². The maximum atomic E-state index is 12.0. The highest BCUT2D eigenvalue weighted by molar-refractivity contribution is 5.85. The van der Waals surface area contributed by atoms with Gasteiger partial charge in [-0.1, -0.05) is 25.7 Å². The largest absolute Gasteiger partial charge is 0.480 e. The molecule has 1 fully saturated rings. The Hall–Kier alpha value is -1.59. The number of carbonyl (C=O) groups is 3. The molecule has 0 saturated heterocycles. The van der Waals surface area contributed by atoms with Crippen LogP contribution in [-0.2, 0) is 14.4 Å². The minimum atomic E-state index is -1.18. The van der Waals surface area contributed by atoms with Gasteiger partial charge >= 0.3 is 11.9 Å². The number of amides is 1. The van der Waals surface area contributed by atoms with Crippen LogP contribution in [0.1, 0.15) is 44.9 Å². The highest BCUT2D eigenvalue weighted by Gasteiger charge is 2.23. The van der Waals surface area contributed by atoms with E-state index in [0.29, 0.717) is 0 Å². The Balaban J connectivity index is 2.53. The summed E-state index contributed by atoms with van der Waals surface area (Å²) in [5.74, 6) is -2.47. The quantitative estimate of drug-likeness (QED) is 0.711. The lowest BCUT2D eigenvalue weighted by Gasteiger charge is -2.21. The van der Waals surface area contributed by atoms with Gasteiger partial charge < -0.3 is 15.1 Å². The van der Waals surface area contributed by atoms with Gasteiger partial charge in [0.25, 0.3) is 0 Å². The first-order chi connectivity index (χ1) is 8.99. The molecule has 6 heteroatoms. The molecule has 0 aliphatic heterocycles. The Bertz CT molecular complexity index is 318. The van der Waals surface area contributed by atoms with Crippen LogP contribution in [0.5, 0.6) is 0 Å². The molecule has 1 aliphatic carbocycles. The summed E-state index contributed by atoms with van der Waals surface area (Å²) in [6, 6.07) is 0. The van der Waals surface area contributed by atoms with Gasteiger partial charge in [-0.25, -0.2) is 0 Å². The normalized spacial score (nSPS) is 16.6. The lowest BCUT2D eigenvalue weighted by Crippen LogP contribution is -2.40. The van der Waals surface area contributed by atoms with Crippen molar-refractivity contribution < 1.29 is 24.6 Å². The number of aliphatic carboxylic acids is 2. The third-order valence-corrected chi connectivity index (χ3v) is 3.44. The smallest absolute Gasteiger partial charge is 0.323 e. The molecule has 0 heterocycles. The molecule has 0 radical (unpaired) electrons. The Morgan fingerprint density at radius 3 is 1.79 bits per heavy atom. The second kappa shape index (κ2) is 7.76. The van der Waals surface area contributed by atoms with Crippen LogP contribution in [0.3, 0.4) is 0 Å². The van der Waals surface area contributed by atoms with Gasteiger partial charge in [-0.05, 0) is 18.8 Å². The fraction of sp³-hybridized carbons (Fsp3) is 0.769. The van der Waals surface area contributed by atoms with Crippen LogP contribution in [0, 0.1) is 5.92 Å². The van der Waals surface area contributed by atoms with E-state index in [1.807, 2.05) is 0 Å². The SMILES string of the molecule is O=C(O)CN(CC(=O)O)C(=O)CC1CCCCCC1. The van der Waals surface area contributed by atoms with E-state index in [9.17, 15) is 14.4 Å². The van der Waals surface area contributed by atoms with Crippen LogP contribution in [-0.4, -0.2) is 46.0 Å². The Morgan fingerprint density at radius 1 is 0.895 bits per heavy atom. The molecule has 0 atom stereocenters. The lowest BCUT2D eigenvalue weighted by molar-refractivity contribution is -0.149. The zero-order valence-corrected chi connectivity index (χ0v) is 11.0. The molecule has 0 aromatic rings. The summed E-state index contributed by atoms with van der Waals surface area (Å²) in [4.78, 5) is 34.2. The average Bonchev–Trinajstić information content (AvgIpc) is 2.55. The van der Waals surface area contributed by atoms with Crippen molar-refractivity contribution >= 4 is 17.8 Å². The number of carbonyl (C=O) groups excluding carboxylic acids is 1. The first-order valence-corrected chi connectivity index (χ1v) is 6.70. The maximum Gasteiger partial charge on any atom is 0.323 e. The highest BCUT2D eigenvalue weighted by Crippen LogP contribution is 2.25. The molecule has 1 saturated carbocycles. The molecule has 0 aromatic carbocycles. The summed E-state index contributed by atoms with van der Waals surface area (Å²) >= 11 is 0. The molecule has 1 amide bonds. The number of hydrogen-bond acceptors (Lipinski definition) is 3. The average molecular weight is 271 g/mol. The van der Waals surface area contributed by atoms with Gasteiger partial charge in [-0.15, -0.1) is 0 Å². The van der Waals surface area contributed by atoms with E-state index >= 15 is 0 Å². The van der Waals surface area contributed by atoms with Crippen molar-refractivity contribution in [2.75, 3.05) is 13.1 Å². The van der Waals surface area contributed by atoms with E-state index in [-0.39, 0.29) is 18.2 Å². The molecule has 0 aromatic heterocycles. The van der Waals surface area contributed by atoms with E-state index in [4.69, 9.17) is 10.2 Å². The summed E-state index contributed by atoms with van der Waals surface area (Å²) in [6.07, 6.45) is 6.75. The Labute approximate surface area is 112 Å². The van der Waals surface area contributed by atoms with Crippen LogP contribution >= 0.6 is 0 Å². The molecule has 2 N–H and O–H groups in total. The van der Waals surface area contributed by atoms with Crippen LogP contribution in [0.15, 0.2) is 0 Å². The Kier molecular flexibility index (Phi) is 6.32. The standard InChI is InChI=1S/C13H21NO5/c15-11(7-10-5-3-1-2-4-6-10)14(8-12(16)17)9-13(18)19/h10H,1-9H2,(H,16,17)(H,18,19). The van der Waals surface area contributed by atoms with Crippen molar-refractivity contribution in [3.05, 3.63) is 0 Å². The van der Waals surface area contributed by atoms with Gasteiger partial charge in [-0.2, -0.15) is 0 Å². The molecule has 0 spiro atoms. The van der Waals surface area contributed by atoms with E-state index in [2.05, 4.69) is 0 Å². The number of carboxylic acid groups (broad SMARTS) is 2. The molecule has 0 unspecified atom stereocenters. The topological polar surface area (TPSA) is 94.9 Å². The summed E-state index contributed by atoms with van der Waals surface area (Å²) in [5, 5.41) is 17.4. The predicted molar refractivity (Wildman–Crippen MR) is 67.7 cm³/mol. The second-order valence-electron chi connectivity index (χ2n) is 5.10. The van der Waals surface area contributed by atoms with Crippen molar-refractivity contribution in [3.8, 4) is 0 Å². The maximum absolute atomic E-state index is 12.0. The fourth-order valence-electron chi connectivity index (χ4n) is 2.50. The molecule has 19 heavy (non-hydrogen) atoms. The van der Waals surface area contributed by atoms with Crippen LogP contribution in [0.4, 0.5) is 0 Å². The minimum absolute atomic E-state index is 0.264. The van der Waals surface area contributed by atoms with Gasteiger partial charge in [-0.3, -0.25) is 14.4 Å². The van der Waals surface area contributed by atoms with Crippen molar-refractivity contribution in [2.45, 2.75) is 44.9 Å². The van der Waals surface area contributed by atoms with Crippen LogP contribution in [0.2, 0.25) is 0 Å². The first kappa shape index (κ1) is 15.5. The van der Waals surface area contributed by atoms with Crippen molar-refractivity contribution in [2.24, 2.45) is 5.92 Å². The lowest BCUT2D eigenvalue weighted by atomic mass is 9.96. The van der Waals surface area contributed by atoms with Gasteiger partial charge in [0.05, 0.1) is 0 Å². The molecule has 1 aliphatic rings. The van der Waals surface area contributed by atoms with Gasteiger partial charge in [0.15, 0.2) is 0 Å². The molecule has 108 valence electrons. The van der Waals surface area contributed by atoms with Crippen molar-refractivity contribution in [1.29, 1.82) is 0 Å². The van der Waals surface area contributed by atoms with Crippen LogP contribution < -0.4 is 0 Å². The summed E-state index contributed by atoms with van der Waals surface area (Å²) in [7, 11) is 0. The summed E-state index contributed by atoms with van der Waals surface area (Å²) in [6.45, 7) is -1.09. The number of carboxylic acids is 2. The number of nitrogens with zero attached hydrogens (tertiary/aromatic N) is 1. The first-order valence-electron chi connectivity index (χ1n) is 6.70. The van der Waals surface area contributed by atoms with E-state index in [0.717, 1.165) is 30.6 Å². The monoisotopic (exact) mass is 271 g/mol. The van der Waals surface area contributed by atoms with Crippen LogP contribution in [0.25, 0.3) is 0 Å². The predicted octanol–water partition coefficient (Wildman–Crippen LogP) is 1.34. The zero-order valence-electron chi connectivity index (χ0n) is 11.0. The molecular weight excluding hydrogens is 250 g/mol. The fourth-order valence-corrected chi connectivity index (χ4v) is 2.50. The summed E-state index contributed by atoms with van der Waals surface area (Å²) < 4.78 is 0. The Morgan fingerprint density at radius 2 is 1.37 bits per heavy atom. The minimum Gasteiger partial charge on any atom is -0.480 e. The third-order valence-electron chi connectivity index (χ3n) is 3.44. The van der Waals surface area contributed by atoms with E-state index < -0.39 is 25.0 Å². The third kappa shape index (κ3) is 6.22. The molecule has 1 rings (SSSR count). The second-order valence-corrected chi connectivity index (χ2v) is 5.10. The molecule has 0 bridgehead atoms.